The van der Waals surface area contributed by atoms with Gasteiger partial charge in [-0.05, 0) is 36.3 Å². The van der Waals surface area contributed by atoms with E-state index in [1.807, 2.05) is 40.1 Å². The molecule has 1 aromatic carbocycles. The molecule has 1 aromatic rings. The molecule has 0 unspecified atom stereocenters. The first-order chi connectivity index (χ1) is 12.1. The fourth-order valence-electron chi connectivity index (χ4n) is 2.51. The lowest BCUT2D eigenvalue weighted by Crippen LogP contribution is -2.41. The van der Waals surface area contributed by atoms with Gasteiger partial charge in [0.1, 0.15) is 0 Å². The molecular weight excluding hydrogens is 314 g/mol. The van der Waals surface area contributed by atoms with Crippen molar-refractivity contribution >= 4 is 17.7 Å². The van der Waals surface area contributed by atoms with Gasteiger partial charge < -0.3 is 15.0 Å². The van der Waals surface area contributed by atoms with E-state index >= 15 is 0 Å². The van der Waals surface area contributed by atoms with E-state index in [-0.39, 0.29) is 5.91 Å². The highest BCUT2D eigenvalue weighted by molar-refractivity contribution is 5.91. The standard InChI is InChI=1S/C18H27N3O2.C2H6/c1-15-14-17(20(2)3)6-4-16(15)5-7-18(22)19-8-9-21-10-12-23-13-11-21;1-2/h4-7,14H,8-13H2,1-3H3,(H,19,22);1-2H3/b7-5+;. The van der Waals surface area contributed by atoms with E-state index in [1.165, 1.54) is 0 Å². The van der Waals surface area contributed by atoms with Crippen LogP contribution in [-0.2, 0) is 9.53 Å². The van der Waals surface area contributed by atoms with Crippen molar-refractivity contribution in [1.82, 2.24) is 10.2 Å². The Morgan fingerprint density at radius 3 is 2.56 bits per heavy atom. The van der Waals surface area contributed by atoms with Crippen molar-refractivity contribution in [3.8, 4) is 0 Å². The minimum absolute atomic E-state index is 0.0469. The first-order valence-corrected chi connectivity index (χ1v) is 9.10. The zero-order chi connectivity index (χ0) is 18.7. The van der Waals surface area contributed by atoms with Crippen molar-refractivity contribution in [2.24, 2.45) is 0 Å². The van der Waals surface area contributed by atoms with E-state index < -0.39 is 0 Å². The maximum Gasteiger partial charge on any atom is 0.244 e. The first-order valence-electron chi connectivity index (χ1n) is 9.10. The summed E-state index contributed by atoms with van der Waals surface area (Å²) >= 11 is 0. The molecule has 1 heterocycles. The summed E-state index contributed by atoms with van der Waals surface area (Å²) in [7, 11) is 4.04. The number of rotatable bonds is 6. The molecule has 5 heteroatoms. The van der Waals surface area contributed by atoms with Crippen molar-refractivity contribution in [3.05, 3.63) is 35.4 Å². The van der Waals surface area contributed by atoms with Crippen molar-refractivity contribution in [1.29, 1.82) is 0 Å². The Labute approximate surface area is 152 Å². The summed E-state index contributed by atoms with van der Waals surface area (Å²) in [6, 6.07) is 6.22. The number of carbonyl (C=O) groups excluding carboxylic acids is 1. The smallest absolute Gasteiger partial charge is 0.244 e. The van der Waals surface area contributed by atoms with Crippen LogP contribution in [0, 0.1) is 6.92 Å². The summed E-state index contributed by atoms with van der Waals surface area (Å²) < 4.78 is 5.31. The molecule has 2 rings (SSSR count). The third-order valence-corrected chi connectivity index (χ3v) is 4.02. The molecule has 1 aliphatic heterocycles. The number of nitrogens with one attached hydrogen (secondary N) is 1. The predicted octanol–water partition coefficient (Wildman–Crippen LogP) is 2.55. The molecule has 1 amide bonds. The molecule has 0 spiro atoms. The van der Waals surface area contributed by atoms with Crippen molar-refractivity contribution in [2.45, 2.75) is 20.8 Å². The summed E-state index contributed by atoms with van der Waals surface area (Å²) in [5, 5.41) is 2.93. The van der Waals surface area contributed by atoms with E-state index in [9.17, 15) is 4.79 Å². The number of hydrogen-bond donors (Lipinski definition) is 1. The third kappa shape index (κ3) is 7.71. The van der Waals surface area contributed by atoms with Crippen molar-refractivity contribution in [3.63, 3.8) is 0 Å². The average molecular weight is 348 g/mol. The predicted molar refractivity (Wildman–Crippen MR) is 106 cm³/mol. The van der Waals surface area contributed by atoms with Crippen LogP contribution >= 0.6 is 0 Å². The monoisotopic (exact) mass is 347 g/mol. The van der Waals surface area contributed by atoms with E-state index in [4.69, 9.17) is 4.74 Å². The maximum atomic E-state index is 11.9. The number of anilines is 1. The van der Waals surface area contributed by atoms with E-state index in [0.717, 1.165) is 49.7 Å². The number of ether oxygens (including phenoxy) is 1. The highest BCUT2D eigenvalue weighted by atomic mass is 16.5. The largest absolute Gasteiger partial charge is 0.379 e. The summed E-state index contributed by atoms with van der Waals surface area (Å²) in [5.74, 6) is -0.0469. The molecule has 0 aliphatic carbocycles. The molecule has 5 nitrogen and oxygen atoms in total. The van der Waals surface area contributed by atoms with Crippen molar-refractivity contribution in [2.75, 3.05) is 58.4 Å². The Hall–Kier alpha value is -1.85. The molecule has 0 bridgehead atoms. The Morgan fingerprint density at radius 1 is 1.28 bits per heavy atom. The van der Waals surface area contributed by atoms with Crippen LogP contribution < -0.4 is 10.2 Å². The molecule has 1 saturated heterocycles. The Bertz CT molecular complexity index is 550. The van der Waals surface area contributed by atoms with E-state index in [0.29, 0.717) is 6.54 Å². The van der Waals surface area contributed by atoms with Crippen LogP contribution in [-0.4, -0.2) is 64.3 Å². The summed E-state index contributed by atoms with van der Waals surface area (Å²) in [5.41, 5.74) is 3.39. The van der Waals surface area contributed by atoms with Gasteiger partial charge in [-0.2, -0.15) is 0 Å². The van der Waals surface area contributed by atoms with Crippen LogP contribution in [0.1, 0.15) is 25.0 Å². The molecule has 1 aliphatic rings. The summed E-state index contributed by atoms with van der Waals surface area (Å²) in [6.07, 6.45) is 3.48. The number of amides is 1. The SMILES string of the molecule is CC.Cc1cc(N(C)C)ccc1/C=C/C(=O)NCCN1CCOCC1. The Balaban J connectivity index is 0.00000151. The topological polar surface area (TPSA) is 44.8 Å². The van der Waals surface area contributed by atoms with Crippen LogP contribution in [0.5, 0.6) is 0 Å². The van der Waals surface area contributed by atoms with Gasteiger partial charge in [0.2, 0.25) is 5.91 Å². The zero-order valence-corrected chi connectivity index (χ0v) is 16.3. The lowest BCUT2D eigenvalue weighted by atomic mass is 10.1. The lowest BCUT2D eigenvalue weighted by Gasteiger charge is -2.26. The molecule has 1 fully saturated rings. The van der Waals surface area contributed by atoms with Gasteiger partial charge in [0.05, 0.1) is 13.2 Å². The van der Waals surface area contributed by atoms with Gasteiger partial charge >= 0.3 is 0 Å². The van der Waals surface area contributed by atoms with Crippen LogP contribution in [0.3, 0.4) is 0 Å². The van der Waals surface area contributed by atoms with Gasteiger partial charge in [-0.25, -0.2) is 0 Å². The quantitative estimate of drug-likeness (QED) is 0.803. The van der Waals surface area contributed by atoms with E-state index in [2.05, 4.69) is 34.2 Å². The number of carbonyl (C=O) groups is 1. The molecular formula is C20H33N3O2. The van der Waals surface area contributed by atoms with Crippen LogP contribution in [0.4, 0.5) is 5.69 Å². The Kier molecular flexibility index (Phi) is 9.88. The fourth-order valence-corrected chi connectivity index (χ4v) is 2.51. The highest BCUT2D eigenvalue weighted by Crippen LogP contribution is 2.18. The highest BCUT2D eigenvalue weighted by Gasteiger charge is 2.09. The van der Waals surface area contributed by atoms with Crippen molar-refractivity contribution < 1.29 is 9.53 Å². The van der Waals surface area contributed by atoms with Crippen LogP contribution in [0.15, 0.2) is 24.3 Å². The summed E-state index contributed by atoms with van der Waals surface area (Å²) in [6.45, 7) is 11.1. The number of nitrogens with zero attached hydrogens (tertiary/aromatic N) is 2. The molecule has 25 heavy (non-hydrogen) atoms. The number of morpholine rings is 1. The molecule has 0 atom stereocenters. The lowest BCUT2D eigenvalue weighted by molar-refractivity contribution is -0.116. The second-order valence-corrected chi connectivity index (χ2v) is 6.01. The third-order valence-electron chi connectivity index (χ3n) is 4.02. The fraction of sp³-hybridized carbons (Fsp3) is 0.550. The van der Waals surface area contributed by atoms with Gasteiger partial charge in [0.25, 0.3) is 0 Å². The normalized spacial score (nSPS) is 14.8. The van der Waals surface area contributed by atoms with Crippen LogP contribution in [0.2, 0.25) is 0 Å². The number of benzene rings is 1. The molecule has 0 aromatic heterocycles. The second kappa shape index (κ2) is 11.7. The maximum absolute atomic E-state index is 11.9. The minimum atomic E-state index is -0.0469. The zero-order valence-electron chi connectivity index (χ0n) is 16.3. The number of hydrogen-bond acceptors (Lipinski definition) is 4. The summed E-state index contributed by atoms with van der Waals surface area (Å²) in [4.78, 5) is 16.3. The molecule has 140 valence electrons. The molecule has 0 saturated carbocycles. The first kappa shape index (κ1) is 21.2. The Morgan fingerprint density at radius 2 is 1.96 bits per heavy atom. The molecule has 0 radical (unpaired) electrons. The van der Waals surface area contributed by atoms with Gasteiger partial charge in [0, 0.05) is 52.0 Å². The number of aryl methyl sites for hydroxylation is 1. The van der Waals surface area contributed by atoms with E-state index in [1.54, 1.807) is 6.08 Å². The van der Waals surface area contributed by atoms with Gasteiger partial charge in [-0.1, -0.05) is 19.9 Å². The van der Waals surface area contributed by atoms with Gasteiger partial charge in [-0.15, -0.1) is 0 Å². The second-order valence-electron chi connectivity index (χ2n) is 6.01. The average Bonchev–Trinajstić information content (AvgIpc) is 2.63. The molecule has 1 N–H and O–H groups in total. The van der Waals surface area contributed by atoms with Gasteiger partial charge in [-0.3, -0.25) is 9.69 Å². The van der Waals surface area contributed by atoms with Crippen LogP contribution in [0.25, 0.3) is 6.08 Å². The minimum Gasteiger partial charge on any atom is -0.379 e. The van der Waals surface area contributed by atoms with Gasteiger partial charge in [0.15, 0.2) is 0 Å².